The lowest BCUT2D eigenvalue weighted by Gasteiger charge is -2.18. The molecule has 21 heavy (non-hydrogen) atoms. The lowest BCUT2D eigenvalue weighted by molar-refractivity contribution is 0.246. The monoisotopic (exact) mass is 282 g/mol. The normalized spacial score (nSPS) is 16.2. The fraction of sp³-hybridized carbons (Fsp3) is 0.333. The molecule has 0 spiro atoms. The second-order valence-electron chi connectivity index (χ2n) is 5.83. The van der Waals surface area contributed by atoms with Crippen LogP contribution < -0.4 is 15.0 Å². The number of benzene rings is 2. The molecule has 0 aliphatic carbocycles. The van der Waals surface area contributed by atoms with Crippen molar-refractivity contribution < 1.29 is 4.74 Å². The van der Waals surface area contributed by atoms with E-state index in [-0.39, 0.29) is 6.10 Å². The summed E-state index contributed by atoms with van der Waals surface area (Å²) in [6.45, 7) is 2.96. The number of nitrogens with zero attached hydrogens (tertiary/aromatic N) is 1. The van der Waals surface area contributed by atoms with E-state index in [1.807, 2.05) is 12.1 Å². The third-order valence-electron chi connectivity index (χ3n) is 3.94. The van der Waals surface area contributed by atoms with E-state index in [9.17, 15) is 0 Å². The number of aryl methyl sites for hydroxylation is 1. The highest BCUT2D eigenvalue weighted by atomic mass is 16.5. The minimum atomic E-state index is 0.214. The van der Waals surface area contributed by atoms with E-state index in [1.54, 1.807) is 0 Å². The Morgan fingerprint density at radius 2 is 2.00 bits per heavy atom. The van der Waals surface area contributed by atoms with Crippen LogP contribution >= 0.6 is 0 Å². The van der Waals surface area contributed by atoms with Gasteiger partial charge >= 0.3 is 0 Å². The van der Waals surface area contributed by atoms with Gasteiger partial charge in [-0.05, 0) is 36.2 Å². The highest BCUT2D eigenvalue weighted by molar-refractivity contribution is 5.61. The number of hydrogen-bond donors (Lipinski definition) is 1. The Morgan fingerprint density at radius 1 is 1.19 bits per heavy atom. The summed E-state index contributed by atoms with van der Waals surface area (Å²) in [5, 5.41) is 3.49. The number of fused-ring (bicyclic) bond motifs is 1. The van der Waals surface area contributed by atoms with Crippen molar-refractivity contribution >= 4 is 11.4 Å². The zero-order valence-electron chi connectivity index (χ0n) is 12.9. The summed E-state index contributed by atoms with van der Waals surface area (Å²) in [6, 6.07) is 14.8. The number of nitrogens with one attached hydrogen (secondary N) is 1. The molecule has 0 saturated carbocycles. The summed E-state index contributed by atoms with van der Waals surface area (Å²) in [4.78, 5) is 2.14. The van der Waals surface area contributed by atoms with Crippen LogP contribution in [-0.4, -0.2) is 26.7 Å². The lowest BCUT2D eigenvalue weighted by atomic mass is 10.1. The van der Waals surface area contributed by atoms with Gasteiger partial charge in [-0.15, -0.1) is 0 Å². The van der Waals surface area contributed by atoms with Crippen LogP contribution in [0.1, 0.15) is 11.1 Å². The number of hydrogen-bond acceptors (Lipinski definition) is 3. The molecular weight excluding hydrogens is 260 g/mol. The zero-order chi connectivity index (χ0) is 14.8. The van der Waals surface area contributed by atoms with Gasteiger partial charge in [0.05, 0.1) is 6.54 Å². The van der Waals surface area contributed by atoms with Crippen LogP contribution in [-0.2, 0) is 6.42 Å². The van der Waals surface area contributed by atoms with Crippen LogP contribution in [0.25, 0.3) is 0 Å². The second kappa shape index (κ2) is 5.68. The van der Waals surface area contributed by atoms with Crippen molar-refractivity contribution in [3.05, 3.63) is 53.6 Å². The van der Waals surface area contributed by atoms with Crippen molar-refractivity contribution in [1.29, 1.82) is 0 Å². The van der Waals surface area contributed by atoms with E-state index >= 15 is 0 Å². The van der Waals surface area contributed by atoms with Gasteiger partial charge in [0.15, 0.2) is 0 Å². The molecule has 3 rings (SSSR count). The van der Waals surface area contributed by atoms with E-state index in [0.29, 0.717) is 0 Å². The van der Waals surface area contributed by atoms with Gasteiger partial charge in [0.1, 0.15) is 11.9 Å². The topological polar surface area (TPSA) is 24.5 Å². The summed E-state index contributed by atoms with van der Waals surface area (Å²) >= 11 is 0. The second-order valence-corrected chi connectivity index (χ2v) is 5.83. The summed E-state index contributed by atoms with van der Waals surface area (Å²) < 4.78 is 5.96. The van der Waals surface area contributed by atoms with Crippen LogP contribution in [0.5, 0.6) is 5.75 Å². The van der Waals surface area contributed by atoms with Crippen molar-refractivity contribution in [1.82, 2.24) is 0 Å². The Labute approximate surface area is 126 Å². The Hall–Kier alpha value is -2.16. The van der Waals surface area contributed by atoms with E-state index in [2.05, 4.69) is 61.6 Å². The van der Waals surface area contributed by atoms with Gasteiger partial charge in [-0.25, -0.2) is 0 Å². The van der Waals surface area contributed by atoms with Crippen molar-refractivity contribution in [2.45, 2.75) is 19.4 Å². The molecule has 1 aliphatic rings. The molecule has 1 heterocycles. The van der Waals surface area contributed by atoms with E-state index in [0.717, 1.165) is 24.4 Å². The molecule has 0 radical (unpaired) electrons. The average molecular weight is 282 g/mol. The fourth-order valence-corrected chi connectivity index (χ4v) is 2.80. The Bertz CT molecular complexity index is 612. The number of rotatable bonds is 4. The van der Waals surface area contributed by atoms with E-state index in [4.69, 9.17) is 4.74 Å². The number of para-hydroxylation sites is 1. The van der Waals surface area contributed by atoms with Gasteiger partial charge in [-0.3, -0.25) is 0 Å². The van der Waals surface area contributed by atoms with Gasteiger partial charge in [0.25, 0.3) is 0 Å². The molecule has 0 bridgehead atoms. The minimum absolute atomic E-state index is 0.214. The van der Waals surface area contributed by atoms with Gasteiger partial charge in [-0.2, -0.15) is 0 Å². The van der Waals surface area contributed by atoms with Crippen molar-refractivity contribution in [2.75, 3.05) is 30.9 Å². The maximum absolute atomic E-state index is 5.96. The van der Waals surface area contributed by atoms with Gasteiger partial charge in [-0.1, -0.05) is 24.3 Å². The maximum Gasteiger partial charge on any atom is 0.123 e. The summed E-state index contributed by atoms with van der Waals surface area (Å²) in [5.74, 6) is 1.03. The van der Waals surface area contributed by atoms with Crippen molar-refractivity contribution in [3.63, 3.8) is 0 Å². The predicted octanol–water partition coefficient (Wildman–Crippen LogP) is 3.48. The van der Waals surface area contributed by atoms with Gasteiger partial charge < -0.3 is 15.0 Å². The molecule has 2 aromatic carbocycles. The largest absolute Gasteiger partial charge is 0.488 e. The average Bonchev–Trinajstić information content (AvgIpc) is 2.89. The van der Waals surface area contributed by atoms with E-state index in [1.165, 1.54) is 16.8 Å². The molecule has 0 aromatic heterocycles. The predicted molar refractivity (Wildman–Crippen MR) is 88.6 cm³/mol. The van der Waals surface area contributed by atoms with Crippen molar-refractivity contribution in [2.24, 2.45) is 0 Å². The molecule has 1 N–H and O–H groups in total. The molecule has 0 amide bonds. The van der Waals surface area contributed by atoms with Gasteiger partial charge in [0.2, 0.25) is 0 Å². The third kappa shape index (κ3) is 2.97. The smallest absolute Gasteiger partial charge is 0.123 e. The first kappa shape index (κ1) is 13.8. The summed E-state index contributed by atoms with van der Waals surface area (Å²) in [7, 11) is 4.14. The first-order chi connectivity index (χ1) is 10.1. The van der Waals surface area contributed by atoms with Crippen LogP contribution in [0, 0.1) is 6.92 Å². The Kier molecular flexibility index (Phi) is 3.74. The zero-order valence-corrected chi connectivity index (χ0v) is 12.9. The maximum atomic E-state index is 5.96. The molecule has 110 valence electrons. The molecule has 1 unspecified atom stereocenters. The molecule has 2 aromatic rings. The van der Waals surface area contributed by atoms with Gasteiger partial charge in [0, 0.05) is 31.9 Å². The SMILES string of the molecule is Cc1ccc(NCC2Cc3ccccc3O2)cc1N(C)C. The minimum Gasteiger partial charge on any atom is -0.488 e. The summed E-state index contributed by atoms with van der Waals surface area (Å²) in [6.07, 6.45) is 1.20. The standard InChI is InChI=1S/C18H22N2O/c1-13-8-9-15(11-17(13)20(2)3)19-12-16-10-14-6-4-5-7-18(14)21-16/h4-9,11,16,19H,10,12H2,1-3H3. The van der Waals surface area contributed by atoms with Crippen LogP contribution in [0.15, 0.2) is 42.5 Å². The van der Waals surface area contributed by atoms with Crippen molar-refractivity contribution in [3.8, 4) is 5.75 Å². The first-order valence-corrected chi connectivity index (χ1v) is 7.40. The number of anilines is 2. The number of ether oxygens (including phenoxy) is 1. The fourth-order valence-electron chi connectivity index (χ4n) is 2.80. The Morgan fingerprint density at radius 3 is 2.76 bits per heavy atom. The summed E-state index contributed by atoms with van der Waals surface area (Å²) in [5.41, 5.74) is 4.98. The third-order valence-corrected chi connectivity index (χ3v) is 3.94. The molecule has 1 aliphatic heterocycles. The molecule has 0 fully saturated rings. The van der Waals surface area contributed by atoms with E-state index < -0.39 is 0 Å². The molecular formula is C18H22N2O. The molecule has 3 nitrogen and oxygen atoms in total. The first-order valence-electron chi connectivity index (χ1n) is 7.40. The molecule has 0 saturated heterocycles. The molecule has 3 heteroatoms. The van der Waals surface area contributed by atoms with Crippen LogP contribution in [0.3, 0.4) is 0 Å². The quantitative estimate of drug-likeness (QED) is 0.929. The van der Waals surface area contributed by atoms with Crippen LogP contribution in [0.4, 0.5) is 11.4 Å². The lowest BCUT2D eigenvalue weighted by Crippen LogP contribution is -2.24. The Balaban J connectivity index is 1.63. The highest BCUT2D eigenvalue weighted by Gasteiger charge is 2.21. The highest BCUT2D eigenvalue weighted by Crippen LogP contribution is 2.28. The molecule has 1 atom stereocenters. The van der Waals surface area contributed by atoms with Crippen LogP contribution in [0.2, 0.25) is 0 Å².